The van der Waals surface area contributed by atoms with Gasteiger partial charge in [0.15, 0.2) is 0 Å². The Hall–Kier alpha value is -0.0800. The van der Waals surface area contributed by atoms with Gasteiger partial charge in [0, 0.05) is 6.61 Å². The Balaban J connectivity index is 3.68. The minimum atomic E-state index is -0.245. The molecule has 0 aromatic heterocycles. The van der Waals surface area contributed by atoms with Gasteiger partial charge in [-0.25, -0.2) is 0 Å². The van der Waals surface area contributed by atoms with E-state index in [4.69, 9.17) is 10.2 Å². The van der Waals surface area contributed by atoms with Crippen LogP contribution in [0.3, 0.4) is 0 Å². The fraction of sp³-hybridized carbons (Fsp3) is 1.00. The van der Waals surface area contributed by atoms with Gasteiger partial charge in [0.25, 0.3) is 0 Å². The molecule has 0 fully saturated rings. The Kier molecular flexibility index (Phi) is 5.51. The molecule has 68 valence electrons. The van der Waals surface area contributed by atoms with E-state index in [2.05, 4.69) is 13.8 Å². The molecule has 0 rings (SSSR count). The summed E-state index contributed by atoms with van der Waals surface area (Å²) in [5, 5.41) is 18.0. The predicted molar refractivity (Wildman–Crippen MR) is 46.3 cm³/mol. The van der Waals surface area contributed by atoms with Crippen molar-refractivity contribution in [3.05, 3.63) is 0 Å². The van der Waals surface area contributed by atoms with Gasteiger partial charge in [-0.05, 0) is 25.2 Å². The number of aliphatic hydroxyl groups is 2. The molecule has 2 heteroatoms. The normalized spacial score (nSPS) is 19.4. The third kappa shape index (κ3) is 4.38. The molecule has 0 aliphatic rings. The van der Waals surface area contributed by atoms with E-state index in [1.165, 1.54) is 0 Å². The second-order valence-corrected chi connectivity index (χ2v) is 3.41. The Morgan fingerprint density at radius 1 is 1.27 bits per heavy atom. The van der Waals surface area contributed by atoms with Crippen molar-refractivity contribution >= 4 is 0 Å². The Bertz CT molecular complexity index is 87.6. The molecule has 0 saturated carbocycles. The highest BCUT2D eigenvalue weighted by molar-refractivity contribution is 4.66. The zero-order valence-electron chi connectivity index (χ0n) is 7.75. The van der Waals surface area contributed by atoms with E-state index < -0.39 is 0 Å². The molecule has 0 aliphatic carbocycles. The summed E-state index contributed by atoms with van der Waals surface area (Å²) in [6.07, 6.45) is 1.54. The molecule has 2 N–H and O–H groups in total. The topological polar surface area (TPSA) is 40.5 Å². The van der Waals surface area contributed by atoms with Gasteiger partial charge >= 0.3 is 0 Å². The average molecular weight is 160 g/mol. The first kappa shape index (κ1) is 10.9. The maximum Gasteiger partial charge on any atom is 0.0514 e. The third-order valence-corrected chi connectivity index (χ3v) is 2.28. The predicted octanol–water partition coefficient (Wildman–Crippen LogP) is 1.41. The molecule has 0 amide bonds. The summed E-state index contributed by atoms with van der Waals surface area (Å²) in [6.45, 7) is 6.18. The smallest absolute Gasteiger partial charge is 0.0514 e. The minimum Gasteiger partial charge on any atom is -0.396 e. The van der Waals surface area contributed by atoms with Gasteiger partial charge < -0.3 is 10.2 Å². The van der Waals surface area contributed by atoms with Gasteiger partial charge in [-0.15, -0.1) is 0 Å². The zero-order chi connectivity index (χ0) is 8.85. The van der Waals surface area contributed by atoms with Gasteiger partial charge in [0.1, 0.15) is 0 Å². The van der Waals surface area contributed by atoms with Crippen LogP contribution in [0.15, 0.2) is 0 Å². The lowest BCUT2D eigenvalue weighted by Crippen LogP contribution is -2.19. The fourth-order valence-corrected chi connectivity index (χ4v) is 1.44. The quantitative estimate of drug-likeness (QED) is 0.638. The maximum absolute atomic E-state index is 9.08. The van der Waals surface area contributed by atoms with Crippen molar-refractivity contribution in [3.63, 3.8) is 0 Å². The molecule has 0 saturated heterocycles. The van der Waals surface area contributed by atoms with E-state index in [0.717, 1.165) is 12.8 Å². The van der Waals surface area contributed by atoms with Gasteiger partial charge in [-0.2, -0.15) is 0 Å². The molecule has 0 bridgehead atoms. The van der Waals surface area contributed by atoms with Crippen LogP contribution >= 0.6 is 0 Å². The van der Waals surface area contributed by atoms with E-state index in [1.807, 2.05) is 0 Å². The summed E-state index contributed by atoms with van der Waals surface area (Å²) in [5.41, 5.74) is 0. The van der Waals surface area contributed by atoms with Crippen LogP contribution in [0, 0.1) is 11.8 Å². The Morgan fingerprint density at radius 3 is 2.09 bits per heavy atom. The molecule has 0 aromatic carbocycles. The molecule has 2 nitrogen and oxygen atoms in total. The van der Waals surface area contributed by atoms with Crippen molar-refractivity contribution in [1.82, 2.24) is 0 Å². The van der Waals surface area contributed by atoms with Crippen molar-refractivity contribution in [1.29, 1.82) is 0 Å². The number of hydrogen-bond acceptors (Lipinski definition) is 2. The molecule has 0 aliphatic heterocycles. The molecular weight excluding hydrogens is 140 g/mol. The van der Waals surface area contributed by atoms with E-state index in [-0.39, 0.29) is 12.7 Å². The summed E-state index contributed by atoms with van der Waals surface area (Å²) in [4.78, 5) is 0. The second kappa shape index (κ2) is 5.56. The van der Waals surface area contributed by atoms with Crippen molar-refractivity contribution in [2.75, 3.05) is 6.61 Å². The van der Waals surface area contributed by atoms with Crippen LogP contribution in [0.25, 0.3) is 0 Å². The maximum atomic E-state index is 9.08. The second-order valence-electron chi connectivity index (χ2n) is 3.41. The SMILES string of the molecule is CCC(CO)C(C)CC(C)O. The molecule has 3 atom stereocenters. The lowest BCUT2D eigenvalue weighted by molar-refractivity contribution is 0.116. The molecule has 0 radical (unpaired) electrons. The summed E-state index contributed by atoms with van der Waals surface area (Å²) >= 11 is 0. The van der Waals surface area contributed by atoms with Crippen molar-refractivity contribution in [2.45, 2.75) is 39.7 Å². The summed E-state index contributed by atoms with van der Waals surface area (Å²) < 4.78 is 0. The Labute approximate surface area is 69.2 Å². The largest absolute Gasteiger partial charge is 0.396 e. The monoisotopic (exact) mass is 160 g/mol. The highest BCUT2D eigenvalue weighted by Gasteiger charge is 2.15. The van der Waals surface area contributed by atoms with Crippen LogP contribution in [0.1, 0.15) is 33.6 Å². The number of aliphatic hydroxyl groups excluding tert-OH is 2. The minimum absolute atomic E-state index is 0.240. The van der Waals surface area contributed by atoms with E-state index in [1.54, 1.807) is 6.92 Å². The summed E-state index contributed by atoms with van der Waals surface area (Å²) in [6, 6.07) is 0. The summed E-state index contributed by atoms with van der Waals surface area (Å²) in [5.74, 6) is 0.773. The first-order chi connectivity index (χ1) is 5.11. The highest BCUT2D eigenvalue weighted by atomic mass is 16.3. The van der Waals surface area contributed by atoms with Gasteiger partial charge in [-0.3, -0.25) is 0 Å². The standard InChI is InChI=1S/C9H20O2/c1-4-9(6-10)7(2)5-8(3)11/h7-11H,4-6H2,1-3H3. The average Bonchev–Trinajstić information content (AvgIpc) is 1.88. The van der Waals surface area contributed by atoms with Crippen molar-refractivity contribution < 1.29 is 10.2 Å². The lowest BCUT2D eigenvalue weighted by atomic mass is 9.88. The molecular formula is C9H20O2. The van der Waals surface area contributed by atoms with Crippen LogP contribution in [0.5, 0.6) is 0 Å². The van der Waals surface area contributed by atoms with Crippen LogP contribution in [-0.2, 0) is 0 Å². The van der Waals surface area contributed by atoms with E-state index in [9.17, 15) is 0 Å². The number of hydrogen-bond donors (Lipinski definition) is 2. The molecule has 0 aromatic rings. The van der Waals surface area contributed by atoms with Crippen LogP contribution in [0.4, 0.5) is 0 Å². The van der Waals surface area contributed by atoms with Crippen LogP contribution < -0.4 is 0 Å². The number of rotatable bonds is 5. The first-order valence-electron chi connectivity index (χ1n) is 4.40. The fourth-order valence-electron chi connectivity index (χ4n) is 1.44. The first-order valence-corrected chi connectivity index (χ1v) is 4.40. The molecule has 11 heavy (non-hydrogen) atoms. The van der Waals surface area contributed by atoms with Gasteiger partial charge in [0.2, 0.25) is 0 Å². The highest BCUT2D eigenvalue weighted by Crippen LogP contribution is 2.19. The zero-order valence-corrected chi connectivity index (χ0v) is 7.75. The molecule has 0 spiro atoms. The van der Waals surface area contributed by atoms with Crippen molar-refractivity contribution in [3.8, 4) is 0 Å². The summed E-state index contributed by atoms with van der Waals surface area (Å²) in [7, 11) is 0. The third-order valence-electron chi connectivity index (χ3n) is 2.28. The van der Waals surface area contributed by atoms with Gasteiger partial charge in [-0.1, -0.05) is 20.3 Å². The van der Waals surface area contributed by atoms with Gasteiger partial charge in [0.05, 0.1) is 6.10 Å². The molecule has 3 unspecified atom stereocenters. The van der Waals surface area contributed by atoms with Crippen LogP contribution in [0.2, 0.25) is 0 Å². The lowest BCUT2D eigenvalue weighted by Gasteiger charge is -2.21. The van der Waals surface area contributed by atoms with Crippen molar-refractivity contribution in [2.24, 2.45) is 11.8 Å². The van der Waals surface area contributed by atoms with E-state index in [0.29, 0.717) is 11.8 Å². The van der Waals surface area contributed by atoms with E-state index >= 15 is 0 Å². The molecule has 0 heterocycles. The van der Waals surface area contributed by atoms with Crippen LogP contribution in [-0.4, -0.2) is 22.9 Å². The Morgan fingerprint density at radius 2 is 1.82 bits per heavy atom.